The summed E-state index contributed by atoms with van der Waals surface area (Å²) in [6, 6.07) is 8.70. The number of rotatable bonds is 4. The summed E-state index contributed by atoms with van der Waals surface area (Å²) in [7, 11) is 0. The molecule has 3 heterocycles. The van der Waals surface area contributed by atoms with Crippen LogP contribution >= 0.6 is 0 Å². The van der Waals surface area contributed by atoms with E-state index in [1.54, 1.807) is 0 Å². The van der Waals surface area contributed by atoms with Crippen molar-refractivity contribution in [2.75, 3.05) is 13.2 Å². The van der Waals surface area contributed by atoms with Crippen LogP contribution in [-0.4, -0.2) is 59.2 Å². The number of fused-ring (bicyclic) bond motifs is 1. The third-order valence-corrected chi connectivity index (χ3v) is 5.20. The zero-order valence-electron chi connectivity index (χ0n) is 14.2. The highest BCUT2D eigenvalue weighted by Gasteiger charge is 2.59. The van der Waals surface area contributed by atoms with E-state index < -0.39 is 30.4 Å². The number of hydrogen-bond acceptors (Lipinski definition) is 6. The lowest BCUT2D eigenvalue weighted by Gasteiger charge is -2.42. The van der Waals surface area contributed by atoms with Crippen LogP contribution in [0.1, 0.15) is 18.4 Å². The summed E-state index contributed by atoms with van der Waals surface area (Å²) in [5.41, 5.74) is 6.66. The lowest BCUT2D eigenvalue weighted by atomic mass is 9.87. The van der Waals surface area contributed by atoms with Crippen LogP contribution in [0.4, 0.5) is 4.79 Å². The van der Waals surface area contributed by atoms with Crippen molar-refractivity contribution in [2.45, 2.75) is 37.9 Å². The molecule has 3 saturated heterocycles. The smallest absolute Gasteiger partial charge is 0.410 e. The topological polar surface area (TPSA) is 102 Å². The summed E-state index contributed by atoms with van der Waals surface area (Å²) in [6.07, 6.45) is -0.383. The van der Waals surface area contributed by atoms with Crippen molar-refractivity contribution in [3.05, 3.63) is 35.9 Å². The molecular weight excluding hydrogens is 338 g/mol. The van der Waals surface area contributed by atoms with Gasteiger partial charge in [0.15, 0.2) is 12.0 Å². The average molecular weight is 359 g/mol. The number of nitrogens with zero attached hydrogens (tertiary/aromatic N) is 2. The molecule has 0 aliphatic carbocycles. The molecule has 4 rings (SSSR count). The number of carbonyl (C=O) groups excluding carboxylic acids is 3. The quantitative estimate of drug-likeness (QED) is 0.619. The van der Waals surface area contributed by atoms with Crippen molar-refractivity contribution in [1.82, 2.24) is 9.80 Å². The monoisotopic (exact) mass is 359 g/mol. The molecule has 0 spiro atoms. The van der Waals surface area contributed by atoms with Crippen LogP contribution in [0.5, 0.6) is 0 Å². The maximum Gasteiger partial charge on any atom is 0.410 e. The van der Waals surface area contributed by atoms with E-state index in [0.29, 0.717) is 19.4 Å². The van der Waals surface area contributed by atoms with Crippen molar-refractivity contribution in [2.24, 2.45) is 11.7 Å². The molecule has 138 valence electrons. The molecule has 0 radical (unpaired) electrons. The van der Waals surface area contributed by atoms with Gasteiger partial charge in [-0.05, 0) is 18.4 Å². The molecule has 1 aromatic rings. The molecule has 2 amide bonds. The van der Waals surface area contributed by atoms with E-state index in [-0.39, 0.29) is 24.9 Å². The van der Waals surface area contributed by atoms with Gasteiger partial charge in [0.05, 0.1) is 12.6 Å². The summed E-state index contributed by atoms with van der Waals surface area (Å²) < 4.78 is 10.8. The Balaban J connectivity index is 1.39. The predicted octanol–water partition coefficient (Wildman–Crippen LogP) is 0.456. The molecule has 1 aromatic carbocycles. The zero-order chi connectivity index (χ0) is 18.3. The molecule has 0 bridgehead atoms. The lowest BCUT2D eigenvalue weighted by Crippen LogP contribution is -2.66. The number of likely N-dealkylation sites (tertiary alicyclic amines) is 1. The van der Waals surface area contributed by atoms with E-state index in [1.807, 2.05) is 30.3 Å². The fourth-order valence-electron chi connectivity index (χ4n) is 3.85. The van der Waals surface area contributed by atoms with E-state index >= 15 is 0 Å². The van der Waals surface area contributed by atoms with Crippen LogP contribution < -0.4 is 5.73 Å². The van der Waals surface area contributed by atoms with Crippen LogP contribution in [0.15, 0.2) is 30.3 Å². The summed E-state index contributed by atoms with van der Waals surface area (Å²) in [6.45, 7) is 0.821. The number of carbonyl (C=O) groups is 3. The number of ketones is 1. The first kappa shape index (κ1) is 17.0. The van der Waals surface area contributed by atoms with E-state index in [2.05, 4.69) is 0 Å². The number of ether oxygens (including phenoxy) is 2. The van der Waals surface area contributed by atoms with Crippen LogP contribution in [0, 0.1) is 5.92 Å². The van der Waals surface area contributed by atoms with Gasteiger partial charge in [0, 0.05) is 6.54 Å². The minimum Gasteiger partial charge on any atom is -0.445 e. The number of amides is 2. The maximum atomic E-state index is 12.9. The van der Waals surface area contributed by atoms with Crippen molar-refractivity contribution in [1.29, 1.82) is 0 Å². The largest absolute Gasteiger partial charge is 0.445 e. The summed E-state index contributed by atoms with van der Waals surface area (Å²) in [5, 5.41) is 0. The molecular formula is C18H21N3O5. The van der Waals surface area contributed by atoms with Gasteiger partial charge in [-0.1, -0.05) is 30.3 Å². The number of nitrogens with two attached hydrogens (primary N) is 1. The second kappa shape index (κ2) is 6.69. The predicted molar refractivity (Wildman–Crippen MR) is 89.4 cm³/mol. The Hall–Kier alpha value is -2.45. The molecule has 0 saturated carbocycles. The highest BCUT2D eigenvalue weighted by atomic mass is 16.6. The second-order valence-electron chi connectivity index (χ2n) is 6.81. The minimum atomic E-state index is -0.865. The first-order chi connectivity index (χ1) is 12.6. The van der Waals surface area contributed by atoms with Crippen molar-refractivity contribution in [3.63, 3.8) is 0 Å². The zero-order valence-corrected chi connectivity index (χ0v) is 14.2. The molecule has 3 aliphatic heterocycles. The highest BCUT2D eigenvalue weighted by molar-refractivity contribution is 6.09. The molecule has 1 unspecified atom stereocenters. The molecule has 26 heavy (non-hydrogen) atoms. The Bertz CT molecular complexity index is 725. The molecule has 0 aromatic heterocycles. The standard InChI is InChI=1S/C18H21N3O5/c19-13-10-25-17-14(16(23)21(13)17)15(22)12-7-4-8-20(12)18(24)26-9-11-5-2-1-3-6-11/h1-3,5-6,12-14,17H,4,7-10,19H2/t12-,13?,14-,17+/m0/s1. The van der Waals surface area contributed by atoms with Gasteiger partial charge >= 0.3 is 6.09 Å². The molecule has 4 atom stereocenters. The van der Waals surface area contributed by atoms with Gasteiger partial charge in [0.2, 0.25) is 5.91 Å². The number of β-lactam (4-membered cyclic amide) rings is 1. The van der Waals surface area contributed by atoms with Gasteiger partial charge in [-0.2, -0.15) is 0 Å². The van der Waals surface area contributed by atoms with E-state index in [1.165, 1.54) is 9.80 Å². The van der Waals surface area contributed by atoms with E-state index in [9.17, 15) is 14.4 Å². The maximum absolute atomic E-state index is 12.9. The Morgan fingerprint density at radius 3 is 2.81 bits per heavy atom. The molecule has 2 N–H and O–H groups in total. The first-order valence-electron chi connectivity index (χ1n) is 8.78. The number of Topliss-reactive ketones (excluding diaryl/α,β-unsaturated/α-hetero) is 1. The third kappa shape index (κ3) is 2.75. The SMILES string of the molecule is NC1CO[C@@H]2[C@@H](C(=O)[C@@H]3CCCN3C(=O)OCc3ccccc3)C(=O)N12. The second-order valence-corrected chi connectivity index (χ2v) is 6.81. The summed E-state index contributed by atoms with van der Waals surface area (Å²) >= 11 is 0. The summed E-state index contributed by atoms with van der Waals surface area (Å²) in [5.74, 6) is -1.45. The number of hydrogen-bond donors (Lipinski definition) is 1. The van der Waals surface area contributed by atoms with Crippen molar-refractivity contribution < 1.29 is 23.9 Å². The average Bonchev–Trinajstić information content (AvgIpc) is 3.25. The van der Waals surface area contributed by atoms with Gasteiger partial charge in [-0.3, -0.25) is 19.4 Å². The minimum absolute atomic E-state index is 0.147. The first-order valence-corrected chi connectivity index (χ1v) is 8.78. The van der Waals surface area contributed by atoms with Crippen LogP contribution in [-0.2, 0) is 25.7 Å². The van der Waals surface area contributed by atoms with Gasteiger partial charge in [0.1, 0.15) is 18.7 Å². The lowest BCUT2D eigenvalue weighted by molar-refractivity contribution is -0.177. The third-order valence-electron chi connectivity index (χ3n) is 5.20. The Kier molecular flexibility index (Phi) is 4.37. The van der Waals surface area contributed by atoms with Crippen molar-refractivity contribution in [3.8, 4) is 0 Å². The van der Waals surface area contributed by atoms with Crippen LogP contribution in [0.25, 0.3) is 0 Å². The van der Waals surface area contributed by atoms with Gasteiger partial charge < -0.3 is 15.2 Å². The number of benzene rings is 1. The molecule has 8 nitrogen and oxygen atoms in total. The van der Waals surface area contributed by atoms with Gasteiger partial charge in [-0.15, -0.1) is 0 Å². The van der Waals surface area contributed by atoms with E-state index in [4.69, 9.17) is 15.2 Å². The Morgan fingerprint density at radius 1 is 1.27 bits per heavy atom. The summed E-state index contributed by atoms with van der Waals surface area (Å²) in [4.78, 5) is 40.4. The fourth-order valence-corrected chi connectivity index (χ4v) is 3.85. The van der Waals surface area contributed by atoms with Crippen LogP contribution in [0.2, 0.25) is 0 Å². The van der Waals surface area contributed by atoms with Gasteiger partial charge in [0.25, 0.3) is 0 Å². The highest BCUT2D eigenvalue weighted by Crippen LogP contribution is 2.37. The van der Waals surface area contributed by atoms with Crippen LogP contribution in [0.3, 0.4) is 0 Å². The fraction of sp³-hybridized carbons (Fsp3) is 0.500. The molecule has 3 aliphatic rings. The van der Waals surface area contributed by atoms with E-state index in [0.717, 1.165) is 5.56 Å². The van der Waals surface area contributed by atoms with Crippen molar-refractivity contribution >= 4 is 17.8 Å². The normalized spacial score (nSPS) is 30.1. The Morgan fingerprint density at radius 2 is 2.04 bits per heavy atom. The molecule has 3 fully saturated rings. The Labute approximate surface area is 150 Å². The molecule has 8 heteroatoms. The van der Waals surface area contributed by atoms with Gasteiger partial charge in [-0.25, -0.2) is 4.79 Å².